The van der Waals surface area contributed by atoms with Gasteiger partial charge in [0.05, 0.1) is 12.8 Å². The Morgan fingerprint density at radius 2 is 2.05 bits per heavy atom. The fourth-order valence-electron chi connectivity index (χ4n) is 9.12. The van der Waals surface area contributed by atoms with E-state index in [1.165, 1.54) is 25.7 Å². The molecule has 1 aliphatic heterocycles. The molecule has 0 spiro atoms. The third kappa shape index (κ3) is 4.94. The average molecular weight is 538 g/mol. The van der Waals surface area contributed by atoms with Crippen LogP contribution in [0.25, 0.3) is 0 Å². The summed E-state index contributed by atoms with van der Waals surface area (Å²) in [5, 5.41) is 5.73. The van der Waals surface area contributed by atoms with Gasteiger partial charge in [-0.25, -0.2) is 9.59 Å². The van der Waals surface area contributed by atoms with Crippen LogP contribution in [0.2, 0.25) is 0 Å². The Bertz CT molecular complexity index is 1170. The first-order valence-electron chi connectivity index (χ1n) is 15.0. The zero-order valence-corrected chi connectivity index (χ0v) is 23.4. The fraction of sp³-hybridized carbons (Fsp3) is 0.710. The summed E-state index contributed by atoms with van der Waals surface area (Å²) in [6.45, 7) is 7.98. The predicted octanol–water partition coefficient (Wildman–Crippen LogP) is 4.21. The number of rotatable bonds is 5. The minimum absolute atomic E-state index is 0.0166. The van der Waals surface area contributed by atoms with Gasteiger partial charge in [0.15, 0.2) is 0 Å². The van der Waals surface area contributed by atoms with Crippen molar-refractivity contribution in [1.82, 2.24) is 15.5 Å². The molecule has 6 rings (SSSR count). The Hall–Kier alpha value is -2.61. The lowest BCUT2D eigenvalue weighted by atomic mass is 9.46. The lowest BCUT2D eigenvalue weighted by Gasteiger charge is -2.59. The SMILES string of the molecule is C[C@]12CC[C@H](OC(=O)NCCN3CCNC(=O)C3)C[C@H]1CC[C@H]1C3=CC[C@H](c4ccc(=O)oc4)[C@@]3(C)CC[C@@H]12. The number of nitrogens with one attached hydrogen (secondary N) is 2. The van der Waals surface area contributed by atoms with Gasteiger partial charge in [-0.2, -0.15) is 0 Å². The zero-order chi connectivity index (χ0) is 27.2. The molecule has 5 aliphatic rings. The number of alkyl carbamates (subject to hydrolysis) is 1. The van der Waals surface area contributed by atoms with E-state index in [1.54, 1.807) is 17.9 Å². The Morgan fingerprint density at radius 1 is 1.18 bits per heavy atom. The summed E-state index contributed by atoms with van der Waals surface area (Å²) in [5.41, 5.74) is 2.95. The minimum atomic E-state index is -0.328. The highest BCUT2D eigenvalue weighted by Gasteiger charge is 2.58. The van der Waals surface area contributed by atoms with Crippen molar-refractivity contribution in [2.24, 2.45) is 28.6 Å². The molecule has 1 aromatic heterocycles. The van der Waals surface area contributed by atoms with E-state index < -0.39 is 0 Å². The molecule has 3 saturated carbocycles. The molecule has 8 heteroatoms. The van der Waals surface area contributed by atoms with Crippen LogP contribution in [-0.2, 0) is 9.53 Å². The maximum absolute atomic E-state index is 12.5. The Morgan fingerprint density at radius 3 is 2.85 bits per heavy atom. The number of amides is 2. The number of fused-ring (bicyclic) bond motifs is 5. The van der Waals surface area contributed by atoms with Crippen LogP contribution >= 0.6 is 0 Å². The topological polar surface area (TPSA) is 101 Å². The van der Waals surface area contributed by atoms with E-state index in [9.17, 15) is 14.4 Å². The molecule has 2 N–H and O–H groups in total. The molecule has 212 valence electrons. The predicted molar refractivity (Wildman–Crippen MR) is 147 cm³/mol. The molecule has 0 radical (unpaired) electrons. The summed E-state index contributed by atoms with van der Waals surface area (Å²) in [7, 11) is 0. The third-order valence-corrected chi connectivity index (χ3v) is 11.2. The molecule has 0 bridgehead atoms. The van der Waals surface area contributed by atoms with Crippen LogP contribution in [0.5, 0.6) is 0 Å². The summed E-state index contributed by atoms with van der Waals surface area (Å²) in [6, 6.07) is 3.52. The van der Waals surface area contributed by atoms with Crippen LogP contribution in [0.1, 0.15) is 76.7 Å². The van der Waals surface area contributed by atoms with Crippen molar-refractivity contribution < 1.29 is 18.7 Å². The second-order valence-corrected chi connectivity index (χ2v) is 13.1. The molecule has 1 saturated heterocycles. The Balaban J connectivity index is 1.04. The first kappa shape index (κ1) is 26.6. The fourth-order valence-corrected chi connectivity index (χ4v) is 9.12. The average Bonchev–Trinajstić information content (AvgIpc) is 3.27. The molecule has 4 aliphatic carbocycles. The van der Waals surface area contributed by atoms with Crippen molar-refractivity contribution in [2.45, 2.75) is 77.2 Å². The first-order valence-corrected chi connectivity index (χ1v) is 15.0. The van der Waals surface area contributed by atoms with Gasteiger partial charge in [0, 0.05) is 32.2 Å². The van der Waals surface area contributed by atoms with E-state index in [-0.39, 0.29) is 34.6 Å². The highest BCUT2D eigenvalue weighted by molar-refractivity contribution is 5.78. The summed E-state index contributed by atoms with van der Waals surface area (Å²) >= 11 is 0. The quantitative estimate of drug-likeness (QED) is 0.546. The van der Waals surface area contributed by atoms with Gasteiger partial charge < -0.3 is 19.8 Å². The van der Waals surface area contributed by atoms with E-state index in [0.717, 1.165) is 37.8 Å². The van der Waals surface area contributed by atoms with Crippen LogP contribution in [0, 0.1) is 28.6 Å². The molecule has 0 unspecified atom stereocenters. The monoisotopic (exact) mass is 537 g/mol. The molecule has 8 nitrogen and oxygen atoms in total. The Kier molecular flexibility index (Phi) is 7.11. The van der Waals surface area contributed by atoms with E-state index >= 15 is 0 Å². The maximum atomic E-state index is 12.5. The summed E-state index contributed by atoms with van der Waals surface area (Å²) < 4.78 is 11.1. The standard InChI is InChI=1S/C31H43N3O5/c1-30-11-9-22(39-29(37)33-14-16-34-15-13-32-27(35)18-34)17-21(30)4-5-23-25-7-6-24(20-3-8-28(36)38-19-20)31(25,2)12-10-26(23)30/h3,7-8,19,21-24,26H,4-6,9-18H2,1-2H3,(H,32,35)(H,33,37)/t21-,22+,23+,24-,26+,30+,31-/m1/s1. The molecule has 2 amide bonds. The van der Waals surface area contributed by atoms with Crippen molar-refractivity contribution in [3.8, 4) is 0 Å². The third-order valence-electron chi connectivity index (χ3n) is 11.2. The van der Waals surface area contributed by atoms with Crippen molar-refractivity contribution in [3.05, 3.63) is 46.0 Å². The number of allylic oxidation sites excluding steroid dienone is 2. The lowest BCUT2D eigenvalue weighted by molar-refractivity contribution is -0.124. The van der Waals surface area contributed by atoms with E-state index in [2.05, 4.69) is 35.5 Å². The van der Waals surface area contributed by atoms with Crippen molar-refractivity contribution in [2.75, 3.05) is 32.7 Å². The molecular formula is C31H43N3O5. The normalized spacial score (nSPS) is 38.1. The molecule has 4 fully saturated rings. The number of carbonyl (C=O) groups is 2. The number of carbonyl (C=O) groups excluding carboxylic acids is 2. The van der Waals surface area contributed by atoms with Crippen LogP contribution in [0.3, 0.4) is 0 Å². The van der Waals surface area contributed by atoms with Gasteiger partial charge in [0.25, 0.3) is 0 Å². The molecule has 7 atom stereocenters. The van der Waals surface area contributed by atoms with Crippen molar-refractivity contribution >= 4 is 12.0 Å². The Labute approximate surface area is 230 Å². The second-order valence-electron chi connectivity index (χ2n) is 13.1. The first-order chi connectivity index (χ1) is 18.8. The molecule has 1 aromatic rings. The molecule has 2 heterocycles. The number of nitrogens with zero attached hydrogens (tertiary/aromatic N) is 1. The van der Waals surface area contributed by atoms with Gasteiger partial charge in [0.1, 0.15) is 6.10 Å². The number of ether oxygens (including phenoxy) is 1. The van der Waals surface area contributed by atoms with Crippen molar-refractivity contribution in [1.29, 1.82) is 0 Å². The minimum Gasteiger partial charge on any atom is -0.446 e. The number of piperazine rings is 1. The summed E-state index contributed by atoms with van der Waals surface area (Å²) in [5.74, 6) is 2.32. The number of hydrogen-bond donors (Lipinski definition) is 2. The van der Waals surface area contributed by atoms with Gasteiger partial charge in [-0.15, -0.1) is 0 Å². The van der Waals surface area contributed by atoms with Crippen LogP contribution in [0.15, 0.2) is 39.3 Å². The van der Waals surface area contributed by atoms with Crippen molar-refractivity contribution in [3.63, 3.8) is 0 Å². The highest BCUT2D eigenvalue weighted by Crippen LogP contribution is 2.67. The van der Waals surface area contributed by atoms with Gasteiger partial charge in [-0.05, 0) is 97.5 Å². The van der Waals surface area contributed by atoms with Gasteiger partial charge >= 0.3 is 11.7 Å². The summed E-state index contributed by atoms with van der Waals surface area (Å²) in [6.07, 6.45) is 12.7. The summed E-state index contributed by atoms with van der Waals surface area (Å²) in [4.78, 5) is 37.7. The van der Waals surface area contributed by atoms with E-state index in [0.29, 0.717) is 49.9 Å². The van der Waals surface area contributed by atoms with Crippen LogP contribution in [-0.4, -0.2) is 55.7 Å². The van der Waals surface area contributed by atoms with Crippen LogP contribution < -0.4 is 16.3 Å². The van der Waals surface area contributed by atoms with Gasteiger partial charge in [-0.1, -0.05) is 25.5 Å². The van der Waals surface area contributed by atoms with Gasteiger partial charge in [-0.3, -0.25) is 9.69 Å². The highest BCUT2D eigenvalue weighted by atomic mass is 16.6. The zero-order valence-electron chi connectivity index (χ0n) is 23.4. The number of hydrogen-bond acceptors (Lipinski definition) is 6. The van der Waals surface area contributed by atoms with E-state index in [4.69, 9.17) is 9.15 Å². The molecule has 0 aromatic carbocycles. The molecular weight excluding hydrogens is 494 g/mol. The maximum Gasteiger partial charge on any atom is 0.407 e. The largest absolute Gasteiger partial charge is 0.446 e. The molecule has 39 heavy (non-hydrogen) atoms. The second kappa shape index (κ2) is 10.4. The lowest BCUT2D eigenvalue weighted by Crippen LogP contribution is -2.52. The van der Waals surface area contributed by atoms with Crippen LogP contribution in [0.4, 0.5) is 4.79 Å². The van der Waals surface area contributed by atoms with E-state index in [1.807, 2.05) is 6.07 Å². The smallest absolute Gasteiger partial charge is 0.407 e. The van der Waals surface area contributed by atoms with Gasteiger partial charge in [0.2, 0.25) is 5.91 Å².